The van der Waals surface area contributed by atoms with Gasteiger partial charge < -0.3 is 29.9 Å². The molecule has 1 aliphatic rings. The molecule has 1 aliphatic heterocycles. The van der Waals surface area contributed by atoms with Gasteiger partial charge in [0.2, 0.25) is 0 Å². The van der Waals surface area contributed by atoms with Crippen LogP contribution in [-0.4, -0.2) is 73.6 Å². The van der Waals surface area contributed by atoms with Gasteiger partial charge in [0, 0.05) is 12.3 Å². The fourth-order valence-corrected chi connectivity index (χ4v) is 2.14. The van der Waals surface area contributed by atoms with Crippen LogP contribution in [0.3, 0.4) is 0 Å². The van der Waals surface area contributed by atoms with Crippen molar-refractivity contribution >= 4 is 5.97 Å². The number of rotatable bonds is 6. The summed E-state index contributed by atoms with van der Waals surface area (Å²) in [5.41, 5.74) is -1.47. The summed E-state index contributed by atoms with van der Waals surface area (Å²) in [5.74, 6) is -1.39. The van der Waals surface area contributed by atoms with Crippen molar-refractivity contribution in [3.05, 3.63) is 33.1 Å². The third-order valence-corrected chi connectivity index (χ3v) is 3.37. The number of H-pyrrole nitrogens is 1. The Morgan fingerprint density at radius 3 is 2.65 bits per heavy atom. The molecule has 11 heteroatoms. The zero-order valence-electron chi connectivity index (χ0n) is 11.7. The molecule has 0 radical (unpaired) electrons. The Balaban J connectivity index is 2.10. The lowest BCUT2D eigenvalue weighted by molar-refractivity contribution is -0.158. The van der Waals surface area contributed by atoms with Gasteiger partial charge in [0.05, 0.1) is 13.2 Å². The molecular weight excluding hydrogens is 316 g/mol. The Hall–Kier alpha value is -2.05. The summed E-state index contributed by atoms with van der Waals surface area (Å²) in [4.78, 5) is 35.4. The highest BCUT2D eigenvalue weighted by Crippen LogP contribution is 2.28. The number of nitrogens with zero attached hydrogens (tertiary/aromatic N) is 1. The molecule has 23 heavy (non-hydrogen) atoms. The van der Waals surface area contributed by atoms with Crippen molar-refractivity contribution in [2.24, 2.45) is 0 Å². The highest BCUT2D eigenvalue weighted by Gasteiger charge is 2.44. The summed E-state index contributed by atoms with van der Waals surface area (Å²) >= 11 is 0. The first-order valence-corrected chi connectivity index (χ1v) is 6.63. The second kappa shape index (κ2) is 7.02. The van der Waals surface area contributed by atoms with Gasteiger partial charge in [-0.1, -0.05) is 0 Å². The maximum atomic E-state index is 11.7. The van der Waals surface area contributed by atoms with Gasteiger partial charge in [-0.2, -0.15) is 0 Å². The van der Waals surface area contributed by atoms with Crippen molar-refractivity contribution in [2.75, 3.05) is 13.2 Å². The lowest BCUT2D eigenvalue weighted by Gasteiger charge is -2.17. The van der Waals surface area contributed by atoms with E-state index in [9.17, 15) is 24.6 Å². The molecule has 11 nitrogen and oxygen atoms in total. The van der Waals surface area contributed by atoms with E-state index in [2.05, 4.69) is 0 Å². The van der Waals surface area contributed by atoms with Gasteiger partial charge in [0.25, 0.3) is 5.56 Å². The van der Waals surface area contributed by atoms with Crippen LogP contribution in [0.1, 0.15) is 6.23 Å². The zero-order chi connectivity index (χ0) is 17.1. The predicted molar refractivity (Wildman–Crippen MR) is 71.7 cm³/mol. The Labute approximate surface area is 128 Å². The van der Waals surface area contributed by atoms with E-state index < -0.39 is 61.1 Å². The first kappa shape index (κ1) is 17.3. The average Bonchev–Trinajstić information content (AvgIpc) is 2.76. The van der Waals surface area contributed by atoms with Crippen LogP contribution < -0.4 is 11.2 Å². The third-order valence-electron chi connectivity index (χ3n) is 3.37. The topological polar surface area (TPSA) is 171 Å². The maximum absolute atomic E-state index is 11.7. The molecule has 1 aromatic rings. The van der Waals surface area contributed by atoms with Crippen LogP contribution in [0.5, 0.6) is 0 Å². The molecule has 2 rings (SSSR count). The van der Waals surface area contributed by atoms with Crippen molar-refractivity contribution < 1.29 is 34.7 Å². The normalized spacial score (nSPS) is 28.7. The SMILES string of the molecule is O=C(O)C(CO)OC[C@H]1O[C@@H](n2ccc(=O)[nH]c2=O)[C@H](O)[C@@H]1O. The largest absolute Gasteiger partial charge is 0.479 e. The maximum Gasteiger partial charge on any atom is 0.335 e. The Morgan fingerprint density at radius 2 is 2.09 bits per heavy atom. The second-order valence-electron chi connectivity index (χ2n) is 4.91. The third kappa shape index (κ3) is 3.65. The molecule has 0 bridgehead atoms. The molecule has 5 N–H and O–H groups in total. The average molecular weight is 332 g/mol. The molecule has 0 saturated carbocycles. The highest BCUT2D eigenvalue weighted by atomic mass is 16.6. The summed E-state index contributed by atoms with van der Waals surface area (Å²) in [7, 11) is 0. The van der Waals surface area contributed by atoms with Crippen molar-refractivity contribution in [3.8, 4) is 0 Å². The first-order valence-electron chi connectivity index (χ1n) is 6.63. The molecule has 0 aromatic carbocycles. The van der Waals surface area contributed by atoms with E-state index in [1.165, 1.54) is 0 Å². The molecular formula is C12H16N2O9. The van der Waals surface area contributed by atoms with Crippen LogP contribution in [0.2, 0.25) is 0 Å². The lowest BCUT2D eigenvalue weighted by Crippen LogP contribution is -2.38. The Morgan fingerprint density at radius 1 is 1.39 bits per heavy atom. The van der Waals surface area contributed by atoms with Crippen LogP contribution >= 0.6 is 0 Å². The van der Waals surface area contributed by atoms with E-state index in [1.807, 2.05) is 4.98 Å². The van der Waals surface area contributed by atoms with Crippen molar-refractivity contribution in [3.63, 3.8) is 0 Å². The van der Waals surface area contributed by atoms with E-state index in [0.717, 1.165) is 16.8 Å². The minimum Gasteiger partial charge on any atom is -0.479 e. The lowest BCUT2D eigenvalue weighted by atomic mass is 10.1. The number of carboxylic acid groups (broad SMARTS) is 1. The summed E-state index contributed by atoms with van der Waals surface area (Å²) in [6.45, 7) is -1.20. The van der Waals surface area contributed by atoms with Crippen molar-refractivity contribution in [1.82, 2.24) is 9.55 Å². The minimum atomic E-state index is -1.50. The van der Waals surface area contributed by atoms with E-state index in [4.69, 9.17) is 19.7 Å². The molecule has 1 unspecified atom stereocenters. The quantitative estimate of drug-likeness (QED) is 0.356. The molecule has 0 aliphatic carbocycles. The summed E-state index contributed by atoms with van der Waals surface area (Å²) in [6, 6.07) is 1.04. The van der Waals surface area contributed by atoms with Gasteiger partial charge >= 0.3 is 11.7 Å². The first-order chi connectivity index (χ1) is 10.8. The number of aromatic amines is 1. The number of carboxylic acids is 1. The van der Waals surface area contributed by atoms with Crippen LogP contribution in [-0.2, 0) is 14.3 Å². The molecule has 1 fully saturated rings. The number of nitrogens with one attached hydrogen (secondary N) is 1. The predicted octanol–water partition coefficient (Wildman–Crippen LogP) is -3.38. The smallest absolute Gasteiger partial charge is 0.335 e. The van der Waals surface area contributed by atoms with Crippen LogP contribution in [0.4, 0.5) is 0 Å². The number of aromatic nitrogens is 2. The number of aliphatic hydroxyl groups excluding tert-OH is 3. The summed E-state index contributed by atoms with van der Waals surface area (Å²) in [6.07, 6.45) is -5.75. The van der Waals surface area contributed by atoms with Gasteiger partial charge in [-0.15, -0.1) is 0 Å². The number of aliphatic hydroxyl groups is 3. The minimum absolute atomic E-state index is 0.426. The van der Waals surface area contributed by atoms with E-state index in [1.54, 1.807) is 0 Å². The number of ether oxygens (including phenoxy) is 2. The standard InChI is InChI=1S/C12H16N2O9/c15-3-5(11(19)20)22-4-6-8(17)9(18)10(23-6)14-2-1-7(16)13-12(14)21/h1-2,5-6,8-10,15,17-18H,3-4H2,(H,19,20)(H,13,16,21)/t5?,6-,8-,9-,10-/m1/s1. The molecule has 5 atom stereocenters. The number of carbonyl (C=O) groups is 1. The van der Waals surface area contributed by atoms with Gasteiger partial charge in [0.1, 0.15) is 18.3 Å². The molecule has 0 amide bonds. The van der Waals surface area contributed by atoms with Crippen LogP contribution in [0.15, 0.2) is 21.9 Å². The monoisotopic (exact) mass is 332 g/mol. The fourth-order valence-electron chi connectivity index (χ4n) is 2.14. The molecule has 1 aromatic heterocycles. The number of hydrogen-bond donors (Lipinski definition) is 5. The highest BCUT2D eigenvalue weighted by molar-refractivity contribution is 5.72. The second-order valence-corrected chi connectivity index (χ2v) is 4.91. The van der Waals surface area contributed by atoms with E-state index in [0.29, 0.717) is 0 Å². The zero-order valence-corrected chi connectivity index (χ0v) is 11.7. The molecule has 128 valence electrons. The van der Waals surface area contributed by atoms with E-state index >= 15 is 0 Å². The van der Waals surface area contributed by atoms with Gasteiger partial charge in [-0.25, -0.2) is 9.59 Å². The summed E-state index contributed by atoms with van der Waals surface area (Å²) in [5, 5.41) is 37.4. The van der Waals surface area contributed by atoms with E-state index in [-0.39, 0.29) is 0 Å². The Kier molecular flexibility index (Phi) is 5.28. The van der Waals surface area contributed by atoms with Gasteiger partial charge in [-0.05, 0) is 0 Å². The molecule has 1 saturated heterocycles. The van der Waals surface area contributed by atoms with Gasteiger partial charge in [0.15, 0.2) is 12.3 Å². The van der Waals surface area contributed by atoms with Crippen LogP contribution in [0.25, 0.3) is 0 Å². The van der Waals surface area contributed by atoms with Crippen molar-refractivity contribution in [2.45, 2.75) is 30.6 Å². The molecule has 2 heterocycles. The van der Waals surface area contributed by atoms with Gasteiger partial charge in [-0.3, -0.25) is 14.3 Å². The number of hydrogen-bond acceptors (Lipinski definition) is 8. The molecule has 0 spiro atoms. The Bertz CT molecular complexity index is 669. The van der Waals surface area contributed by atoms with Crippen LogP contribution in [0, 0.1) is 0 Å². The fraction of sp³-hybridized carbons (Fsp3) is 0.583. The number of aliphatic carboxylic acids is 1. The van der Waals surface area contributed by atoms with Crippen molar-refractivity contribution in [1.29, 1.82) is 0 Å². The summed E-state index contributed by atoms with van der Waals surface area (Å²) < 4.78 is 11.1.